The van der Waals surface area contributed by atoms with Crippen LogP contribution >= 0.6 is 47.5 Å². The van der Waals surface area contributed by atoms with Gasteiger partial charge in [0, 0.05) is 45.3 Å². The quantitative estimate of drug-likeness (QED) is 0.00774. The van der Waals surface area contributed by atoms with E-state index in [9.17, 15) is 5.11 Å². The van der Waals surface area contributed by atoms with E-state index >= 15 is 9.59 Å². The summed E-state index contributed by atoms with van der Waals surface area (Å²) in [7, 11) is 0. The Balaban J connectivity index is 1.45. The maximum atomic E-state index is 16.1. The highest BCUT2D eigenvalue weighted by molar-refractivity contribution is 7.90. The summed E-state index contributed by atoms with van der Waals surface area (Å²) in [4.78, 5) is 44.2. The summed E-state index contributed by atoms with van der Waals surface area (Å²) in [5, 5.41) is 19.1. The average Bonchev–Trinajstić information content (AvgIpc) is 1.61. The Hall–Kier alpha value is -4.20. The summed E-state index contributed by atoms with van der Waals surface area (Å²) in [6, 6.07) is 21.7. The molecule has 3 aromatic heterocycles. The first-order chi connectivity index (χ1) is 51.9. The van der Waals surface area contributed by atoms with Crippen molar-refractivity contribution in [1.82, 2.24) is 20.3 Å². The number of carbonyl (C=O) groups excluding carboxylic acids is 2. The molecule has 12 heteroatoms. The Morgan fingerprint density at radius 3 is 1.36 bits per heavy atom. The van der Waals surface area contributed by atoms with Crippen LogP contribution in [0.4, 0.5) is 0 Å². The van der Waals surface area contributed by atoms with Crippen molar-refractivity contribution in [2.45, 2.75) is 370 Å². The summed E-state index contributed by atoms with van der Waals surface area (Å²) in [6.07, 6.45) is 62.9. The normalized spacial score (nSPS) is 14.8. The molecule has 0 radical (unpaired) electrons. The number of unbranched alkanes of at least 4 members (excludes halogenated alkanes) is 31. The number of nitrogens with zero attached hydrogens (tertiary/aromatic N) is 2. The molecule has 6 rings (SSSR count). The van der Waals surface area contributed by atoms with E-state index in [1.54, 1.807) is 22.7 Å². The lowest BCUT2D eigenvalue weighted by Gasteiger charge is -2.27. The highest BCUT2D eigenvalue weighted by atomic mass is 32.1. The number of benzene rings is 2. The Morgan fingerprint density at radius 2 is 0.896 bits per heavy atom. The van der Waals surface area contributed by atoms with E-state index in [1.165, 1.54) is 235 Å². The van der Waals surface area contributed by atoms with Crippen LogP contribution in [-0.2, 0) is 16.1 Å². The molecule has 3 N–H and O–H groups in total. The summed E-state index contributed by atoms with van der Waals surface area (Å²) in [5.41, 5.74) is 6.46. The SMILES string of the molecule is CCCCCCCCC(CCCCCC)CNOc1c(C=CC=C(S)C(=S)CC2C(=O)N(CC(CCCCC)CCCCCCCC)C(c3cc4ccccc4s3)=C2C(=O)NCC(CCCCCC)CCCCCCCC)c(O)n(CC(CCCCCC)CCCCCCCC)c1-c1cc2ccccc2s1. The molecule has 0 spiro atoms. The van der Waals surface area contributed by atoms with Gasteiger partial charge in [-0.2, -0.15) is 5.48 Å². The Kier molecular flexibility index (Phi) is 47.3. The fraction of sp³-hybridized carbons (Fsp3) is 0.691. The van der Waals surface area contributed by atoms with Gasteiger partial charge >= 0.3 is 0 Å². The second kappa shape index (κ2) is 55.3. The van der Waals surface area contributed by atoms with Gasteiger partial charge in [-0.25, -0.2) is 0 Å². The van der Waals surface area contributed by atoms with Gasteiger partial charge in [0.15, 0.2) is 5.75 Å². The topological polar surface area (TPSA) is 95.8 Å². The number of aromatic nitrogens is 1. The van der Waals surface area contributed by atoms with Crippen LogP contribution < -0.4 is 15.6 Å². The van der Waals surface area contributed by atoms with Gasteiger partial charge in [0.1, 0.15) is 5.69 Å². The van der Waals surface area contributed by atoms with Crippen LogP contribution in [0, 0.1) is 29.6 Å². The molecule has 5 unspecified atom stereocenters. The monoisotopic (exact) mass is 1530 g/mol. The van der Waals surface area contributed by atoms with E-state index in [4.69, 9.17) is 29.7 Å². The van der Waals surface area contributed by atoms with Crippen LogP contribution in [0.15, 0.2) is 83.3 Å². The minimum Gasteiger partial charge on any atom is -0.494 e. The minimum atomic E-state index is -0.796. The van der Waals surface area contributed by atoms with E-state index < -0.39 is 5.92 Å². The maximum Gasteiger partial charge on any atom is 0.250 e. The first kappa shape index (κ1) is 90.7. The number of carbonyl (C=O) groups is 2. The average molecular weight is 1530 g/mol. The van der Waals surface area contributed by atoms with Crippen LogP contribution in [-0.4, -0.2) is 50.9 Å². The van der Waals surface area contributed by atoms with Gasteiger partial charge in [-0.1, -0.05) is 360 Å². The molecule has 1 aliphatic heterocycles. The number of aromatic hydroxyl groups is 1. The van der Waals surface area contributed by atoms with E-state index in [0.29, 0.717) is 70.0 Å². The molecule has 2 amide bonds. The summed E-state index contributed by atoms with van der Waals surface area (Å²) in [6.45, 7) is 20.9. The number of fused-ring (bicyclic) bond motifs is 2. The van der Waals surface area contributed by atoms with Crippen LogP contribution in [0.3, 0.4) is 0 Å². The zero-order valence-corrected chi connectivity index (χ0v) is 71.7. The molecule has 2 aromatic carbocycles. The van der Waals surface area contributed by atoms with Crippen molar-refractivity contribution in [3.63, 3.8) is 0 Å². The van der Waals surface area contributed by atoms with E-state index in [2.05, 4.69) is 136 Å². The third kappa shape index (κ3) is 32.3. The molecule has 0 saturated heterocycles. The smallest absolute Gasteiger partial charge is 0.250 e. The first-order valence-corrected chi connectivity index (χ1v) is 46.7. The van der Waals surface area contributed by atoms with Gasteiger partial charge in [-0.15, -0.1) is 35.3 Å². The molecule has 4 heterocycles. The largest absolute Gasteiger partial charge is 0.494 e. The third-order valence-electron chi connectivity index (χ3n) is 22.9. The third-order valence-corrected chi connectivity index (χ3v) is 26.1. The predicted molar refractivity (Wildman–Crippen MR) is 472 cm³/mol. The number of nitrogens with one attached hydrogen (secondary N) is 2. The number of hydrogen-bond acceptors (Lipinski definition) is 9. The van der Waals surface area contributed by atoms with Crippen LogP contribution in [0.1, 0.15) is 374 Å². The fourth-order valence-corrected chi connectivity index (χ4v) is 18.9. The van der Waals surface area contributed by atoms with Gasteiger partial charge in [0.05, 0.1) is 32.5 Å². The number of thiophene rings is 2. The first-order valence-electron chi connectivity index (χ1n) is 44.2. The summed E-state index contributed by atoms with van der Waals surface area (Å²) < 4.78 is 4.54. The number of hydroxylamine groups is 1. The van der Waals surface area contributed by atoms with Gasteiger partial charge in [0.2, 0.25) is 17.7 Å². The molecular formula is C94H150N4O4S4. The number of hydrogen-bond donors (Lipinski definition) is 4. The van der Waals surface area contributed by atoms with Crippen LogP contribution in [0.25, 0.3) is 42.5 Å². The van der Waals surface area contributed by atoms with Crippen molar-refractivity contribution in [3.05, 3.63) is 93.7 Å². The standard InChI is InChI=1S/C94H150N4O4S4/c1-9-17-25-32-36-44-54-74(53-41-29-21-13-5)70-95-92(99)88-81(94(101)97(89(88)86-67-78-61-48-50-65-84(78)105-86)72-76(57-40-24-16-8)59-46-38-34-27-19-11-3)69-83(104)82(103)64-52-63-80-91(102-96-71-75(55-42-30-22-14-6)56-45-37-33-26-18-10-2)90(87-68-79-62-49-51-66-85(79)106-87)98(93(80)100)73-77(58-43-31-23-15-7)60-47-39-35-28-20-12-4/h48-52,61-68,74-77,81,96,100,103H,9-47,53-60,69-73H2,1-8H3,(H,95,99). The molecule has 106 heavy (non-hydrogen) atoms. The molecule has 0 saturated carbocycles. The maximum absolute atomic E-state index is 16.1. The van der Waals surface area contributed by atoms with Crippen molar-refractivity contribution in [1.29, 1.82) is 0 Å². The van der Waals surface area contributed by atoms with Crippen molar-refractivity contribution >= 4 is 96.1 Å². The zero-order valence-electron chi connectivity index (χ0n) is 68.4. The molecule has 0 bridgehead atoms. The molecule has 594 valence electrons. The number of allylic oxidation sites excluding steroid dienone is 3. The molecule has 1 aliphatic rings. The van der Waals surface area contributed by atoms with Crippen molar-refractivity contribution in [2.24, 2.45) is 29.6 Å². The van der Waals surface area contributed by atoms with Crippen LogP contribution in [0.5, 0.6) is 11.6 Å². The predicted octanol–water partition coefficient (Wildman–Crippen LogP) is 29.7. The Labute approximate surface area is 666 Å². The highest BCUT2D eigenvalue weighted by Gasteiger charge is 2.45. The minimum absolute atomic E-state index is 0.0343. The van der Waals surface area contributed by atoms with E-state index in [-0.39, 0.29) is 24.1 Å². The highest BCUT2D eigenvalue weighted by Crippen LogP contribution is 2.48. The van der Waals surface area contributed by atoms with Gasteiger partial charge < -0.3 is 24.7 Å². The summed E-state index contributed by atoms with van der Waals surface area (Å²) in [5.74, 6) is 1.37. The lowest BCUT2D eigenvalue weighted by Crippen LogP contribution is -2.35. The van der Waals surface area contributed by atoms with E-state index in [1.807, 2.05) is 18.2 Å². The Bertz CT molecular complexity index is 3230. The van der Waals surface area contributed by atoms with Gasteiger partial charge in [0.25, 0.3) is 0 Å². The zero-order chi connectivity index (χ0) is 75.8. The van der Waals surface area contributed by atoms with Crippen LogP contribution in [0.2, 0.25) is 0 Å². The molecule has 5 atom stereocenters. The second-order valence-electron chi connectivity index (χ2n) is 32.0. The Morgan fingerprint density at radius 1 is 0.519 bits per heavy atom. The fourth-order valence-electron chi connectivity index (χ4n) is 16.3. The molecule has 5 aromatic rings. The number of thiol groups is 1. The van der Waals surface area contributed by atoms with Gasteiger partial charge in [-0.05, 0) is 129 Å². The van der Waals surface area contributed by atoms with Crippen molar-refractivity contribution in [2.75, 3.05) is 19.6 Å². The van der Waals surface area contributed by atoms with E-state index in [0.717, 1.165) is 115 Å². The molecular weight excluding hydrogens is 1380 g/mol. The number of amides is 2. The molecule has 0 aliphatic carbocycles. The van der Waals surface area contributed by atoms with Crippen molar-refractivity contribution < 1.29 is 19.5 Å². The summed E-state index contributed by atoms with van der Waals surface area (Å²) >= 11 is 15.2. The van der Waals surface area contributed by atoms with Crippen molar-refractivity contribution in [3.8, 4) is 22.2 Å². The lowest BCUT2D eigenvalue weighted by atomic mass is 9.92. The number of rotatable bonds is 65. The second-order valence-corrected chi connectivity index (χ2v) is 35.2. The molecule has 8 nitrogen and oxygen atoms in total. The number of thiocarbonyl (C=S) groups is 1. The lowest BCUT2D eigenvalue weighted by molar-refractivity contribution is -0.131. The van der Waals surface area contributed by atoms with Gasteiger partial charge in [-0.3, -0.25) is 9.59 Å². The molecule has 0 fully saturated rings.